The summed E-state index contributed by atoms with van der Waals surface area (Å²) in [5.41, 5.74) is 9.15. The van der Waals surface area contributed by atoms with Crippen molar-refractivity contribution >= 4 is 39.1 Å². The minimum absolute atomic E-state index is 0.235. The molecule has 0 bridgehead atoms. The summed E-state index contributed by atoms with van der Waals surface area (Å²) in [4.78, 5) is 23.0. The highest BCUT2D eigenvalue weighted by atomic mass is 32.1. The van der Waals surface area contributed by atoms with E-state index in [4.69, 9.17) is 10.7 Å². The number of hydrogen-bond donors (Lipinski definition) is 2. The van der Waals surface area contributed by atoms with Crippen LogP contribution >= 0.6 is 11.3 Å². The van der Waals surface area contributed by atoms with Crippen molar-refractivity contribution in [2.75, 3.05) is 37.2 Å². The Hall–Kier alpha value is -3.14. The van der Waals surface area contributed by atoms with Crippen molar-refractivity contribution in [2.45, 2.75) is 26.4 Å². The fraction of sp³-hybridized carbons (Fsp3) is 0.333. The highest BCUT2D eigenvalue weighted by Gasteiger charge is 2.25. The number of thiazole rings is 1. The first-order valence-corrected chi connectivity index (χ1v) is 12.0. The number of nitrogens with one attached hydrogen (secondary N) is 1. The van der Waals surface area contributed by atoms with Crippen molar-refractivity contribution < 1.29 is 0 Å². The third kappa shape index (κ3) is 4.95. The molecule has 1 aliphatic rings. The molecule has 2 aromatic heterocycles. The van der Waals surface area contributed by atoms with Crippen LogP contribution in [0.3, 0.4) is 0 Å². The van der Waals surface area contributed by atoms with Crippen LogP contribution < -0.4 is 11.1 Å². The lowest BCUT2D eigenvalue weighted by molar-refractivity contribution is 0.0962. The molecule has 33 heavy (non-hydrogen) atoms. The highest BCUT2D eigenvalue weighted by Crippen LogP contribution is 2.30. The van der Waals surface area contributed by atoms with Crippen LogP contribution in [-0.4, -0.2) is 55.9 Å². The van der Waals surface area contributed by atoms with E-state index < -0.39 is 0 Å². The molecule has 0 radical (unpaired) electrons. The summed E-state index contributed by atoms with van der Waals surface area (Å²) >= 11 is 1.79. The van der Waals surface area contributed by atoms with Crippen molar-refractivity contribution in [2.24, 2.45) is 0 Å². The number of nitrogens with zero attached hydrogens (tertiary/aromatic N) is 6. The summed E-state index contributed by atoms with van der Waals surface area (Å²) in [6.07, 6.45) is 0. The Morgan fingerprint density at radius 3 is 2.52 bits per heavy atom. The molecule has 3 N–H and O–H groups in total. The van der Waals surface area contributed by atoms with Crippen molar-refractivity contribution in [3.05, 3.63) is 64.9 Å². The summed E-state index contributed by atoms with van der Waals surface area (Å²) in [7, 11) is 0. The van der Waals surface area contributed by atoms with Crippen LogP contribution in [0.25, 0.3) is 10.2 Å². The van der Waals surface area contributed by atoms with Gasteiger partial charge in [-0.25, -0.2) is 4.98 Å². The van der Waals surface area contributed by atoms with Gasteiger partial charge >= 0.3 is 0 Å². The van der Waals surface area contributed by atoms with Gasteiger partial charge in [0.2, 0.25) is 11.9 Å². The van der Waals surface area contributed by atoms with E-state index >= 15 is 0 Å². The van der Waals surface area contributed by atoms with Crippen molar-refractivity contribution in [3.63, 3.8) is 0 Å². The van der Waals surface area contributed by atoms with E-state index in [-0.39, 0.29) is 5.95 Å². The first-order valence-electron chi connectivity index (χ1n) is 11.2. The van der Waals surface area contributed by atoms with Gasteiger partial charge < -0.3 is 11.1 Å². The largest absolute Gasteiger partial charge is 0.368 e. The van der Waals surface area contributed by atoms with E-state index in [1.54, 1.807) is 11.3 Å². The summed E-state index contributed by atoms with van der Waals surface area (Å²) in [6.45, 7) is 8.80. The van der Waals surface area contributed by atoms with Gasteiger partial charge in [-0.1, -0.05) is 30.3 Å². The molecular weight excluding hydrogens is 432 g/mol. The van der Waals surface area contributed by atoms with E-state index in [0.29, 0.717) is 24.4 Å². The number of aryl methyl sites for hydroxylation is 1. The Labute approximate surface area is 197 Å². The van der Waals surface area contributed by atoms with Crippen LogP contribution in [0.2, 0.25) is 0 Å². The standard InChI is InChI=1S/C24H28N8S/c1-16-7-3-4-8-18(16)27-24-29-21(28-23(25)30-24)15-31-11-13-32(14-12-31)17(2)22-26-19-9-5-6-10-20(19)33-22/h3-10,17H,11-15H2,1-2H3,(H3,25,27,28,29,30)/t17-/m0/s1. The van der Waals surface area contributed by atoms with Crippen LogP contribution in [0.1, 0.15) is 29.4 Å². The Morgan fingerprint density at radius 1 is 0.970 bits per heavy atom. The second-order valence-electron chi connectivity index (χ2n) is 8.38. The predicted molar refractivity (Wildman–Crippen MR) is 134 cm³/mol. The van der Waals surface area contributed by atoms with Crippen molar-refractivity contribution in [1.29, 1.82) is 0 Å². The van der Waals surface area contributed by atoms with Crippen LogP contribution in [0.15, 0.2) is 48.5 Å². The van der Waals surface area contributed by atoms with Gasteiger partial charge in [0.25, 0.3) is 0 Å². The van der Waals surface area contributed by atoms with Gasteiger partial charge in [-0.3, -0.25) is 9.80 Å². The van der Waals surface area contributed by atoms with Crippen molar-refractivity contribution in [1.82, 2.24) is 29.7 Å². The molecule has 0 saturated carbocycles. The fourth-order valence-corrected chi connectivity index (χ4v) is 5.19. The molecule has 0 spiro atoms. The average Bonchev–Trinajstić information content (AvgIpc) is 3.25. The maximum absolute atomic E-state index is 5.98. The molecule has 9 heteroatoms. The third-order valence-corrected chi connectivity index (χ3v) is 7.28. The van der Waals surface area contributed by atoms with Crippen LogP contribution in [0.5, 0.6) is 0 Å². The molecule has 1 atom stereocenters. The zero-order chi connectivity index (χ0) is 22.8. The number of fused-ring (bicyclic) bond motifs is 1. The number of para-hydroxylation sites is 2. The molecule has 3 heterocycles. The molecule has 8 nitrogen and oxygen atoms in total. The van der Waals surface area contributed by atoms with Gasteiger partial charge in [-0.05, 0) is 37.6 Å². The topological polar surface area (TPSA) is 96.1 Å². The monoisotopic (exact) mass is 460 g/mol. The molecule has 4 aromatic rings. The normalized spacial score (nSPS) is 16.2. The predicted octanol–water partition coefficient (Wildman–Crippen LogP) is 3.99. The summed E-state index contributed by atoms with van der Waals surface area (Å²) < 4.78 is 1.25. The number of anilines is 3. The number of hydrogen-bond acceptors (Lipinski definition) is 9. The van der Waals surface area contributed by atoms with E-state index in [2.05, 4.69) is 55.2 Å². The quantitative estimate of drug-likeness (QED) is 0.446. The average molecular weight is 461 g/mol. The van der Waals surface area contributed by atoms with E-state index in [1.807, 2.05) is 37.3 Å². The first kappa shape index (κ1) is 21.7. The van der Waals surface area contributed by atoms with Gasteiger partial charge in [-0.15, -0.1) is 11.3 Å². The second kappa shape index (κ2) is 9.38. The summed E-state index contributed by atoms with van der Waals surface area (Å²) in [5.74, 6) is 1.40. The third-order valence-electron chi connectivity index (χ3n) is 6.08. The summed E-state index contributed by atoms with van der Waals surface area (Å²) in [6, 6.07) is 16.7. The lowest BCUT2D eigenvalue weighted by atomic mass is 10.2. The van der Waals surface area contributed by atoms with Gasteiger partial charge in [-0.2, -0.15) is 15.0 Å². The maximum atomic E-state index is 5.98. The Balaban J connectivity index is 1.21. The van der Waals surface area contributed by atoms with Gasteiger partial charge in [0, 0.05) is 31.9 Å². The van der Waals surface area contributed by atoms with E-state index in [1.165, 1.54) is 9.71 Å². The zero-order valence-electron chi connectivity index (χ0n) is 18.9. The minimum Gasteiger partial charge on any atom is -0.368 e. The fourth-order valence-electron chi connectivity index (χ4n) is 4.13. The number of piperazine rings is 1. The Bertz CT molecular complexity index is 1220. The molecule has 5 rings (SSSR count). The number of rotatable bonds is 6. The van der Waals surface area contributed by atoms with E-state index in [0.717, 1.165) is 42.9 Å². The first-order chi connectivity index (χ1) is 16.0. The number of nitrogens with two attached hydrogens (primary N) is 1. The SMILES string of the molecule is Cc1ccccc1Nc1nc(N)nc(CN2CCN([C@@H](C)c3nc4ccccc4s3)CC2)n1. The molecular formula is C24H28N8S. The molecule has 1 saturated heterocycles. The summed E-state index contributed by atoms with van der Waals surface area (Å²) in [5, 5.41) is 4.45. The number of aromatic nitrogens is 4. The number of nitrogen functional groups attached to an aromatic ring is 1. The molecule has 0 amide bonds. The van der Waals surface area contributed by atoms with Crippen LogP contribution in [0.4, 0.5) is 17.6 Å². The second-order valence-corrected chi connectivity index (χ2v) is 9.44. The van der Waals surface area contributed by atoms with E-state index in [9.17, 15) is 0 Å². The van der Waals surface area contributed by atoms with Crippen LogP contribution in [0, 0.1) is 6.92 Å². The number of benzene rings is 2. The van der Waals surface area contributed by atoms with Gasteiger partial charge in [0.1, 0.15) is 10.8 Å². The molecule has 2 aromatic carbocycles. The highest BCUT2D eigenvalue weighted by molar-refractivity contribution is 7.18. The lowest BCUT2D eigenvalue weighted by Crippen LogP contribution is -2.46. The smallest absolute Gasteiger partial charge is 0.232 e. The lowest BCUT2D eigenvalue weighted by Gasteiger charge is -2.37. The minimum atomic E-state index is 0.235. The Kier molecular flexibility index (Phi) is 6.17. The molecule has 1 fully saturated rings. The Morgan fingerprint density at radius 2 is 1.73 bits per heavy atom. The zero-order valence-corrected chi connectivity index (χ0v) is 19.7. The van der Waals surface area contributed by atoms with Crippen LogP contribution in [-0.2, 0) is 6.54 Å². The van der Waals surface area contributed by atoms with Gasteiger partial charge in [0.15, 0.2) is 0 Å². The van der Waals surface area contributed by atoms with Crippen molar-refractivity contribution in [3.8, 4) is 0 Å². The molecule has 170 valence electrons. The maximum Gasteiger partial charge on any atom is 0.232 e. The molecule has 0 unspecified atom stereocenters. The molecule has 1 aliphatic heterocycles. The molecule has 0 aliphatic carbocycles. The van der Waals surface area contributed by atoms with Gasteiger partial charge in [0.05, 0.1) is 22.8 Å².